The largest absolute Gasteiger partial charge is 0.351 e. The predicted molar refractivity (Wildman–Crippen MR) is 93.7 cm³/mol. The van der Waals surface area contributed by atoms with Crippen LogP contribution in [0.25, 0.3) is 0 Å². The van der Waals surface area contributed by atoms with Crippen molar-refractivity contribution in [3.8, 4) is 0 Å². The Morgan fingerprint density at radius 2 is 2.00 bits per heavy atom. The summed E-state index contributed by atoms with van der Waals surface area (Å²) in [5, 5.41) is 3.74. The van der Waals surface area contributed by atoms with Crippen LogP contribution < -0.4 is 5.32 Å². The van der Waals surface area contributed by atoms with E-state index in [1.54, 1.807) is 23.1 Å². The molecule has 0 aliphatic rings. The van der Waals surface area contributed by atoms with Crippen LogP contribution in [0.1, 0.15) is 25.7 Å². The van der Waals surface area contributed by atoms with Crippen molar-refractivity contribution in [2.45, 2.75) is 19.6 Å². The van der Waals surface area contributed by atoms with Crippen molar-refractivity contribution in [3.63, 3.8) is 0 Å². The fourth-order valence-electron chi connectivity index (χ4n) is 1.96. The molecule has 0 radical (unpaired) electrons. The predicted octanol–water partition coefficient (Wildman–Crippen LogP) is 4.68. The second kappa shape index (κ2) is 7.87. The molecule has 5 heteroatoms. The van der Waals surface area contributed by atoms with E-state index in [-0.39, 0.29) is 5.91 Å². The van der Waals surface area contributed by atoms with Crippen molar-refractivity contribution in [1.82, 2.24) is 5.32 Å². The summed E-state index contributed by atoms with van der Waals surface area (Å²) in [6.07, 6.45) is 0. The second-order valence-corrected chi connectivity index (χ2v) is 7.76. The normalized spacial score (nSPS) is 10.6. The quantitative estimate of drug-likeness (QED) is 0.774. The molecule has 1 aromatic carbocycles. The van der Waals surface area contributed by atoms with Gasteiger partial charge >= 0.3 is 0 Å². The van der Waals surface area contributed by atoms with Gasteiger partial charge in [0.1, 0.15) is 0 Å². The summed E-state index contributed by atoms with van der Waals surface area (Å²) in [6, 6.07) is 9.83. The zero-order chi connectivity index (χ0) is 15.2. The topological polar surface area (TPSA) is 29.1 Å². The van der Waals surface area contributed by atoms with Gasteiger partial charge in [-0.3, -0.25) is 4.79 Å². The molecule has 1 amide bonds. The maximum Gasteiger partial charge on any atom is 0.252 e. The maximum atomic E-state index is 12.0. The summed E-state index contributed by atoms with van der Waals surface area (Å²) in [7, 11) is 0. The summed E-state index contributed by atoms with van der Waals surface area (Å²) in [5.41, 5.74) is 2.06. The molecular weight excluding hydrogens is 322 g/mol. The van der Waals surface area contributed by atoms with E-state index >= 15 is 0 Å². The van der Waals surface area contributed by atoms with E-state index in [0.29, 0.717) is 6.54 Å². The number of hydrogen-bond donors (Lipinski definition) is 1. The molecule has 0 aliphatic carbocycles. The molecule has 1 N–H and O–H groups in total. The third kappa shape index (κ3) is 5.06. The van der Waals surface area contributed by atoms with E-state index in [2.05, 4.69) is 5.32 Å². The number of nitrogens with one attached hydrogen (secondary N) is 1. The lowest BCUT2D eigenvalue weighted by atomic mass is 10.2. The minimum Gasteiger partial charge on any atom is -0.351 e. The van der Waals surface area contributed by atoms with Gasteiger partial charge in [0.05, 0.1) is 5.56 Å². The van der Waals surface area contributed by atoms with Crippen LogP contribution in [0.15, 0.2) is 30.3 Å². The molecule has 0 saturated carbocycles. The van der Waals surface area contributed by atoms with Gasteiger partial charge in [-0.2, -0.15) is 11.8 Å². The Hall–Kier alpha value is -0.970. The highest BCUT2D eigenvalue weighted by Crippen LogP contribution is 2.20. The van der Waals surface area contributed by atoms with Gasteiger partial charge in [0.25, 0.3) is 5.91 Å². The van der Waals surface area contributed by atoms with E-state index < -0.39 is 0 Å². The van der Waals surface area contributed by atoms with Gasteiger partial charge in [0.2, 0.25) is 0 Å². The Kier molecular flexibility index (Phi) is 6.15. The van der Waals surface area contributed by atoms with Gasteiger partial charge in [0, 0.05) is 32.8 Å². The number of amides is 1. The molecule has 0 unspecified atom stereocenters. The minimum absolute atomic E-state index is 0.0314. The Morgan fingerprint density at radius 3 is 2.62 bits per heavy atom. The van der Waals surface area contributed by atoms with Crippen LogP contribution in [0, 0.1) is 13.8 Å². The van der Waals surface area contributed by atoms with Gasteiger partial charge in [-0.25, -0.2) is 0 Å². The molecule has 0 fully saturated rings. The highest BCUT2D eigenvalue weighted by Gasteiger charge is 2.10. The molecule has 2 aromatic rings. The fourth-order valence-corrected chi connectivity index (χ4v) is 3.83. The highest BCUT2D eigenvalue weighted by molar-refractivity contribution is 7.98. The fraction of sp³-hybridized carbons (Fsp3) is 0.312. The van der Waals surface area contributed by atoms with Crippen molar-refractivity contribution in [2.75, 3.05) is 12.3 Å². The van der Waals surface area contributed by atoms with Crippen LogP contribution in [-0.4, -0.2) is 18.2 Å². The first-order valence-electron chi connectivity index (χ1n) is 6.73. The standard InChI is InChI=1S/C16H18ClNOS2/c1-11-9-15(12(2)21-11)16(19)18-7-8-20-10-13-3-5-14(17)6-4-13/h3-6,9H,7-8,10H2,1-2H3,(H,18,19). The molecule has 0 aliphatic heterocycles. The van der Waals surface area contributed by atoms with E-state index in [1.807, 2.05) is 44.2 Å². The van der Waals surface area contributed by atoms with Crippen LogP contribution in [0.3, 0.4) is 0 Å². The zero-order valence-electron chi connectivity index (χ0n) is 12.1. The summed E-state index contributed by atoms with van der Waals surface area (Å²) >= 11 is 9.32. The summed E-state index contributed by atoms with van der Waals surface area (Å²) in [6.45, 7) is 4.70. The molecule has 21 heavy (non-hydrogen) atoms. The maximum absolute atomic E-state index is 12.0. The van der Waals surface area contributed by atoms with Gasteiger partial charge in [0.15, 0.2) is 0 Å². The Morgan fingerprint density at radius 1 is 1.29 bits per heavy atom. The van der Waals surface area contributed by atoms with Crippen LogP contribution >= 0.6 is 34.7 Å². The Balaban J connectivity index is 1.69. The van der Waals surface area contributed by atoms with Crippen LogP contribution in [0.5, 0.6) is 0 Å². The molecule has 0 saturated heterocycles. The van der Waals surface area contributed by atoms with Crippen molar-refractivity contribution in [2.24, 2.45) is 0 Å². The van der Waals surface area contributed by atoms with E-state index in [0.717, 1.165) is 27.0 Å². The van der Waals surface area contributed by atoms with Crippen molar-refractivity contribution in [1.29, 1.82) is 0 Å². The monoisotopic (exact) mass is 339 g/mol. The average molecular weight is 340 g/mol. The molecule has 0 spiro atoms. The minimum atomic E-state index is 0.0314. The number of carbonyl (C=O) groups excluding carboxylic acids is 1. The van der Waals surface area contributed by atoms with Gasteiger partial charge in [-0.15, -0.1) is 11.3 Å². The first-order chi connectivity index (χ1) is 10.1. The molecule has 112 valence electrons. The van der Waals surface area contributed by atoms with Crippen molar-refractivity contribution >= 4 is 40.6 Å². The summed E-state index contributed by atoms with van der Waals surface area (Å²) < 4.78 is 0. The Labute approximate surface area is 138 Å². The van der Waals surface area contributed by atoms with Crippen molar-refractivity contribution < 1.29 is 4.79 Å². The number of hydrogen-bond acceptors (Lipinski definition) is 3. The van der Waals surface area contributed by atoms with Crippen molar-refractivity contribution in [3.05, 3.63) is 56.2 Å². The number of carbonyl (C=O) groups is 1. The second-order valence-electron chi connectivity index (χ2n) is 4.76. The highest BCUT2D eigenvalue weighted by atomic mass is 35.5. The summed E-state index contributed by atoms with van der Waals surface area (Å²) in [4.78, 5) is 14.3. The number of thioether (sulfide) groups is 1. The SMILES string of the molecule is Cc1cc(C(=O)NCCSCc2ccc(Cl)cc2)c(C)s1. The van der Waals surface area contributed by atoms with Crippen LogP contribution in [-0.2, 0) is 5.75 Å². The zero-order valence-corrected chi connectivity index (χ0v) is 14.5. The van der Waals surface area contributed by atoms with E-state index in [1.165, 1.54) is 10.4 Å². The molecule has 0 atom stereocenters. The van der Waals surface area contributed by atoms with E-state index in [4.69, 9.17) is 11.6 Å². The molecule has 2 rings (SSSR count). The average Bonchev–Trinajstić information content (AvgIpc) is 2.79. The smallest absolute Gasteiger partial charge is 0.252 e. The summed E-state index contributed by atoms with van der Waals surface area (Å²) in [5.74, 6) is 1.86. The third-order valence-electron chi connectivity index (χ3n) is 3.00. The van der Waals surface area contributed by atoms with Gasteiger partial charge in [-0.05, 0) is 37.6 Å². The lowest BCUT2D eigenvalue weighted by molar-refractivity contribution is 0.0956. The van der Waals surface area contributed by atoms with E-state index in [9.17, 15) is 4.79 Å². The number of thiophene rings is 1. The number of benzene rings is 1. The molecule has 0 bridgehead atoms. The molecule has 1 heterocycles. The number of rotatable bonds is 6. The van der Waals surface area contributed by atoms with Gasteiger partial charge < -0.3 is 5.32 Å². The number of halogens is 1. The molecular formula is C16H18ClNOS2. The third-order valence-corrected chi connectivity index (χ3v) is 5.25. The van der Waals surface area contributed by atoms with Gasteiger partial charge in [-0.1, -0.05) is 23.7 Å². The first-order valence-corrected chi connectivity index (χ1v) is 9.08. The lowest BCUT2D eigenvalue weighted by Crippen LogP contribution is -2.25. The number of aryl methyl sites for hydroxylation is 2. The molecule has 2 nitrogen and oxygen atoms in total. The first kappa shape index (κ1) is 16.4. The lowest BCUT2D eigenvalue weighted by Gasteiger charge is -2.05. The van der Waals surface area contributed by atoms with Crippen LogP contribution in [0.2, 0.25) is 5.02 Å². The Bertz CT molecular complexity index is 607. The van der Waals surface area contributed by atoms with Crippen LogP contribution in [0.4, 0.5) is 0 Å². The molecule has 1 aromatic heterocycles.